The molecule has 1 fully saturated rings. The molecule has 7 heteroatoms. The number of anilines is 1. The van der Waals surface area contributed by atoms with Crippen molar-refractivity contribution in [2.45, 2.75) is 9.79 Å². The fourth-order valence-electron chi connectivity index (χ4n) is 3.11. The van der Waals surface area contributed by atoms with E-state index in [-0.39, 0.29) is 11.5 Å². The van der Waals surface area contributed by atoms with Crippen LogP contribution in [0.25, 0.3) is 0 Å². The van der Waals surface area contributed by atoms with Gasteiger partial charge in [0.2, 0.25) is 0 Å². The molecule has 0 atom stereocenters. The van der Waals surface area contributed by atoms with Gasteiger partial charge >= 0.3 is 0 Å². The highest BCUT2D eigenvalue weighted by Crippen LogP contribution is 2.33. The van der Waals surface area contributed by atoms with Crippen LogP contribution in [-0.2, 0) is 4.79 Å². The van der Waals surface area contributed by atoms with Gasteiger partial charge in [-0.1, -0.05) is 42.1 Å². The van der Waals surface area contributed by atoms with Crippen molar-refractivity contribution in [3.63, 3.8) is 0 Å². The van der Waals surface area contributed by atoms with Gasteiger partial charge in [0.15, 0.2) is 0 Å². The molecule has 0 spiro atoms. The number of nitrogens with one attached hydrogen (secondary N) is 1. The summed E-state index contributed by atoms with van der Waals surface area (Å²) in [5.74, 6) is -0.236. The van der Waals surface area contributed by atoms with Crippen LogP contribution in [0, 0.1) is 11.3 Å². The number of nitriles is 1. The number of benzene rings is 2. The fraction of sp³-hybridized carbons (Fsp3) is 0.273. The molecule has 1 saturated heterocycles. The van der Waals surface area contributed by atoms with Crippen LogP contribution in [0.15, 0.2) is 76.2 Å². The van der Waals surface area contributed by atoms with Gasteiger partial charge in [0.1, 0.15) is 11.6 Å². The lowest BCUT2D eigenvalue weighted by Gasteiger charge is -2.34. The van der Waals surface area contributed by atoms with Crippen molar-refractivity contribution in [2.75, 3.05) is 44.6 Å². The molecular formula is C22H25N5OS. The smallest absolute Gasteiger partial charge is 0.266 e. The average Bonchev–Trinajstić information content (AvgIpc) is 2.76. The molecule has 29 heavy (non-hydrogen) atoms. The Labute approximate surface area is 176 Å². The van der Waals surface area contributed by atoms with Gasteiger partial charge in [-0.25, -0.2) is 0 Å². The van der Waals surface area contributed by atoms with Crippen LogP contribution < -0.4 is 11.1 Å². The lowest BCUT2D eigenvalue weighted by Crippen LogP contribution is -2.50. The fourth-order valence-corrected chi connectivity index (χ4v) is 4.04. The SMILES string of the molecule is N#C/C(=C/Nc1ccccc1Sc1ccccc1)C(=O)N1CCN(CCN)CC1. The Morgan fingerprint density at radius 3 is 2.48 bits per heavy atom. The molecule has 3 rings (SSSR count). The molecule has 1 aliphatic rings. The molecule has 150 valence electrons. The standard InChI is InChI=1S/C22H25N5OS/c23-10-11-26-12-14-27(15-13-26)22(28)18(16-24)17-25-20-8-4-5-9-21(20)29-19-6-2-1-3-7-19/h1-9,17,25H,10-15,23H2/b18-17-. The highest BCUT2D eigenvalue weighted by molar-refractivity contribution is 7.99. The first kappa shape index (κ1) is 20.9. The topological polar surface area (TPSA) is 85.4 Å². The summed E-state index contributed by atoms with van der Waals surface area (Å²) in [5.41, 5.74) is 6.56. The number of nitrogens with two attached hydrogens (primary N) is 1. The predicted octanol–water partition coefficient (Wildman–Crippen LogP) is 2.76. The Morgan fingerprint density at radius 2 is 1.79 bits per heavy atom. The zero-order valence-corrected chi connectivity index (χ0v) is 17.1. The minimum Gasteiger partial charge on any atom is -0.359 e. The van der Waals surface area contributed by atoms with E-state index in [9.17, 15) is 10.1 Å². The van der Waals surface area contributed by atoms with Crippen LogP contribution in [0.5, 0.6) is 0 Å². The third kappa shape index (κ3) is 5.84. The van der Waals surface area contributed by atoms with E-state index in [0.717, 1.165) is 35.1 Å². The van der Waals surface area contributed by atoms with Gasteiger partial charge < -0.3 is 16.0 Å². The summed E-state index contributed by atoms with van der Waals surface area (Å²) in [7, 11) is 0. The zero-order chi connectivity index (χ0) is 20.5. The quantitative estimate of drug-likeness (QED) is 0.542. The van der Waals surface area contributed by atoms with Crippen LogP contribution in [0.3, 0.4) is 0 Å². The molecule has 2 aromatic carbocycles. The number of hydrogen-bond donors (Lipinski definition) is 2. The molecule has 1 aliphatic heterocycles. The highest BCUT2D eigenvalue weighted by Gasteiger charge is 2.23. The van der Waals surface area contributed by atoms with Gasteiger partial charge in [0, 0.05) is 55.3 Å². The number of amides is 1. The minimum absolute atomic E-state index is 0.108. The van der Waals surface area contributed by atoms with Gasteiger partial charge in [-0.3, -0.25) is 9.69 Å². The average molecular weight is 408 g/mol. The molecule has 0 unspecified atom stereocenters. The van der Waals surface area contributed by atoms with Gasteiger partial charge in [0.25, 0.3) is 5.91 Å². The summed E-state index contributed by atoms with van der Waals surface area (Å²) < 4.78 is 0. The molecule has 1 amide bonds. The maximum Gasteiger partial charge on any atom is 0.266 e. The van der Waals surface area contributed by atoms with E-state index >= 15 is 0 Å². The van der Waals surface area contributed by atoms with Crippen LogP contribution in [0.4, 0.5) is 5.69 Å². The number of carbonyl (C=O) groups excluding carboxylic acids is 1. The predicted molar refractivity (Wildman–Crippen MR) is 116 cm³/mol. The van der Waals surface area contributed by atoms with Crippen molar-refractivity contribution >= 4 is 23.4 Å². The van der Waals surface area contributed by atoms with E-state index in [1.54, 1.807) is 16.7 Å². The van der Waals surface area contributed by atoms with E-state index in [2.05, 4.69) is 10.2 Å². The van der Waals surface area contributed by atoms with Crippen molar-refractivity contribution in [3.8, 4) is 6.07 Å². The molecule has 1 heterocycles. The van der Waals surface area contributed by atoms with Gasteiger partial charge in [-0.2, -0.15) is 5.26 Å². The monoisotopic (exact) mass is 407 g/mol. The summed E-state index contributed by atoms with van der Waals surface area (Å²) >= 11 is 1.63. The van der Waals surface area contributed by atoms with Crippen molar-refractivity contribution in [1.29, 1.82) is 5.26 Å². The number of hydrogen-bond acceptors (Lipinski definition) is 6. The minimum atomic E-state index is -0.236. The third-order valence-corrected chi connectivity index (χ3v) is 5.77. The summed E-state index contributed by atoms with van der Waals surface area (Å²) in [4.78, 5) is 18.8. The maximum atomic E-state index is 12.7. The van der Waals surface area contributed by atoms with Gasteiger partial charge in [-0.05, 0) is 24.3 Å². The molecule has 0 saturated carbocycles. The summed E-state index contributed by atoms with van der Waals surface area (Å²) in [6.45, 7) is 4.23. The molecule has 3 N–H and O–H groups in total. The number of piperazine rings is 1. The van der Waals surface area contributed by atoms with Crippen molar-refractivity contribution < 1.29 is 4.79 Å². The van der Waals surface area contributed by atoms with Crippen molar-refractivity contribution in [3.05, 3.63) is 66.4 Å². The largest absolute Gasteiger partial charge is 0.359 e. The van der Waals surface area contributed by atoms with Crippen molar-refractivity contribution in [1.82, 2.24) is 9.80 Å². The van der Waals surface area contributed by atoms with E-state index in [4.69, 9.17) is 5.73 Å². The second kappa shape index (κ2) is 10.7. The Morgan fingerprint density at radius 1 is 1.10 bits per heavy atom. The Balaban J connectivity index is 1.67. The molecule has 0 bridgehead atoms. The maximum absolute atomic E-state index is 12.7. The number of rotatable bonds is 7. The molecule has 6 nitrogen and oxygen atoms in total. The zero-order valence-electron chi connectivity index (χ0n) is 16.3. The second-order valence-corrected chi connectivity index (χ2v) is 7.76. The van der Waals surface area contributed by atoms with Crippen LogP contribution in [0.2, 0.25) is 0 Å². The first-order valence-electron chi connectivity index (χ1n) is 9.61. The molecular weight excluding hydrogens is 382 g/mol. The van der Waals surface area contributed by atoms with E-state index in [1.165, 1.54) is 6.20 Å². The summed E-state index contributed by atoms with van der Waals surface area (Å²) in [6, 6.07) is 20.0. The van der Waals surface area contributed by atoms with E-state index < -0.39 is 0 Å². The Kier molecular flexibility index (Phi) is 7.70. The van der Waals surface area contributed by atoms with Crippen LogP contribution >= 0.6 is 11.8 Å². The Bertz CT molecular complexity index is 886. The van der Waals surface area contributed by atoms with Gasteiger partial charge in [-0.15, -0.1) is 0 Å². The highest BCUT2D eigenvalue weighted by atomic mass is 32.2. The third-order valence-electron chi connectivity index (χ3n) is 4.69. The Hall–Kier alpha value is -2.79. The molecule has 0 aliphatic carbocycles. The molecule has 2 aromatic rings. The van der Waals surface area contributed by atoms with E-state index in [1.807, 2.05) is 60.7 Å². The normalized spacial score (nSPS) is 15.0. The number of carbonyl (C=O) groups is 1. The van der Waals surface area contributed by atoms with Gasteiger partial charge in [0.05, 0.1) is 5.69 Å². The summed E-state index contributed by atoms with van der Waals surface area (Å²) in [6.07, 6.45) is 1.51. The molecule has 0 radical (unpaired) electrons. The van der Waals surface area contributed by atoms with Crippen LogP contribution in [0.1, 0.15) is 0 Å². The lowest BCUT2D eigenvalue weighted by atomic mass is 10.2. The molecule has 0 aromatic heterocycles. The first-order valence-corrected chi connectivity index (χ1v) is 10.4. The second-order valence-electron chi connectivity index (χ2n) is 6.65. The number of nitrogens with zero attached hydrogens (tertiary/aromatic N) is 3. The number of para-hydroxylation sites is 1. The lowest BCUT2D eigenvalue weighted by molar-refractivity contribution is -0.128. The van der Waals surface area contributed by atoms with Crippen molar-refractivity contribution in [2.24, 2.45) is 5.73 Å². The first-order chi connectivity index (χ1) is 14.2. The van der Waals surface area contributed by atoms with E-state index in [0.29, 0.717) is 19.6 Å². The van der Waals surface area contributed by atoms with Crippen LogP contribution in [-0.4, -0.2) is 55.0 Å². The summed E-state index contributed by atoms with van der Waals surface area (Å²) in [5, 5.41) is 12.7.